The van der Waals surface area contributed by atoms with Crippen LogP contribution in [0.4, 0.5) is 0 Å². The van der Waals surface area contributed by atoms with E-state index in [9.17, 15) is 8.42 Å². The Morgan fingerprint density at radius 2 is 1.47 bits per heavy atom. The molecule has 0 aliphatic heterocycles. The molecule has 0 bridgehead atoms. The van der Waals surface area contributed by atoms with Gasteiger partial charge in [0, 0.05) is 0 Å². The van der Waals surface area contributed by atoms with Crippen molar-refractivity contribution in [1.29, 1.82) is 0 Å². The molecule has 78 valence electrons. The lowest BCUT2D eigenvalue weighted by Gasteiger charge is -1.92. The van der Waals surface area contributed by atoms with Crippen LogP contribution < -0.4 is 0 Å². The van der Waals surface area contributed by atoms with Crippen molar-refractivity contribution in [1.82, 2.24) is 0 Å². The lowest BCUT2D eigenvalue weighted by molar-refractivity contribution is 0.482. The van der Waals surface area contributed by atoms with Gasteiger partial charge in [-0.15, -0.1) is 0 Å². The Hall–Kier alpha value is -1.39. The fourth-order valence-electron chi connectivity index (χ4n) is 1.51. The van der Waals surface area contributed by atoms with Gasteiger partial charge in [-0.1, -0.05) is 42.5 Å². The molecule has 4 heteroatoms. The van der Waals surface area contributed by atoms with Crippen molar-refractivity contribution in [3.8, 4) is 11.1 Å². The minimum Gasteiger partial charge on any atom is -0.285 e. The highest BCUT2D eigenvalue weighted by Gasteiger charge is 2.06. The maximum Gasteiger partial charge on any atom is 0.269 e. The molecule has 0 amide bonds. The summed E-state index contributed by atoms with van der Waals surface area (Å²) in [5, 5.41) is 0. The second-order valence-corrected chi connectivity index (χ2v) is 4.86. The number of fused-ring (bicyclic) bond motifs is 1. The summed E-state index contributed by atoms with van der Waals surface area (Å²) in [6.45, 7) is 0. The van der Waals surface area contributed by atoms with Gasteiger partial charge in [-0.3, -0.25) is 4.55 Å². The minimum atomic E-state index is -3.95. The Kier molecular flexibility index (Phi) is 2.46. The summed E-state index contributed by atoms with van der Waals surface area (Å²) in [5.41, 5.74) is 2.68. The van der Waals surface area contributed by atoms with E-state index in [1.54, 1.807) is 12.1 Å². The van der Waals surface area contributed by atoms with E-state index in [1.807, 2.05) is 30.3 Å². The van der Waals surface area contributed by atoms with Crippen LogP contribution >= 0.6 is 0 Å². The average Bonchev–Trinajstić information content (AvgIpc) is 2.48. The normalized spacial score (nSPS) is 11.8. The van der Waals surface area contributed by atoms with Crippen LogP contribution in [0.3, 0.4) is 0 Å². The summed E-state index contributed by atoms with van der Waals surface area (Å²) in [7, 11) is -3.95. The van der Waals surface area contributed by atoms with Crippen molar-refractivity contribution in [2.24, 2.45) is 0 Å². The lowest BCUT2D eigenvalue weighted by atomic mass is 10.2. The van der Waals surface area contributed by atoms with E-state index in [2.05, 4.69) is 0 Å². The Morgan fingerprint density at radius 1 is 0.933 bits per heavy atom. The van der Waals surface area contributed by atoms with E-state index < -0.39 is 10.1 Å². The summed E-state index contributed by atoms with van der Waals surface area (Å²) in [6.07, 6.45) is 0. The molecule has 0 fully saturated rings. The van der Waals surface area contributed by atoms with Gasteiger partial charge in [0.05, 0.1) is 0 Å². The molecule has 0 atom stereocenters. The van der Waals surface area contributed by atoms with Crippen LogP contribution in [0, 0.1) is 0 Å². The molecule has 0 aromatic carbocycles. The lowest BCUT2D eigenvalue weighted by Crippen LogP contribution is -2.00. The van der Waals surface area contributed by atoms with Gasteiger partial charge in [0.15, 0.2) is 0 Å². The first-order chi connectivity index (χ1) is 7.04. The van der Waals surface area contributed by atoms with E-state index in [4.69, 9.17) is 4.55 Å². The molecular weight excluding hydrogens is 212 g/mol. The van der Waals surface area contributed by atoms with E-state index in [0.717, 1.165) is 11.1 Å². The third-order valence-corrected chi connectivity index (χ3v) is 2.89. The second-order valence-electron chi connectivity index (χ2n) is 3.40. The Bertz CT molecular complexity index is 515. The van der Waals surface area contributed by atoms with E-state index >= 15 is 0 Å². The highest BCUT2D eigenvalue weighted by molar-refractivity contribution is 7.85. The third kappa shape index (κ3) is 2.55. The predicted molar refractivity (Wildman–Crippen MR) is 58.3 cm³/mol. The first kappa shape index (κ1) is 10.1. The zero-order valence-electron chi connectivity index (χ0n) is 7.92. The average molecular weight is 222 g/mol. The zero-order chi connectivity index (χ0) is 10.9. The maximum atomic E-state index is 10.7. The molecule has 3 nitrogen and oxygen atoms in total. The summed E-state index contributed by atoms with van der Waals surface area (Å²) in [6, 6.07) is 12.9. The molecule has 0 spiro atoms. The largest absolute Gasteiger partial charge is 0.285 e. The van der Waals surface area contributed by atoms with Gasteiger partial charge < -0.3 is 0 Å². The standard InChI is InChI=1S/C11H10O3S/c12-15(13,14)8-9-4-6-10-2-1-3-11(10)7-5-9/h1-7H,8H2,(H,12,13,14). The monoisotopic (exact) mass is 222 g/mol. The molecule has 1 N–H and O–H groups in total. The van der Waals surface area contributed by atoms with Crippen LogP contribution in [-0.4, -0.2) is 13.0 Å². The SMILES string of the molecule is O=S(=O)(O)Cc1ccc2cccc-2cc1. The molecule has 0 radical (unpaired) electrons. The molecule has 0 saturated carbocycles. The molecule has 0 saturated heterocycles. The molecule has 0 unspecified atom stereocenters. The Morgan fingerprint density at radius 3 is 1.93 bits per heavy atom. The van der Waals surface area contributed by atoms with Crippen molar-refractivity contribution in [3.05, 3.63) is 48.0 Å². The zero-order valence-corrected chi connectivity index (χ0v) is 8.74. The van der Waals surface area contributed by atoms with E-state index in [0.29, 0.717) is 5.56 Å². The molecule has 0 heterocycles. The minimum absolute atomic E-state index is 0.343. The van der Waals surface area contributed by atoms with Crippen molar-refractivity contribution in [2.75, 3.05) is 0 Å². The molecule has 0 aromatic rings. The Balaban J connectivity index is 2.43. The number of rotatable bonds is 2. The van der Waals surface area contributed by atoms with Gasteiger partial charge >= 0.3 is 0 Å². The number of hydrogen-bond acceptors (Lipinski definition) is 2. The predicted octanol–water partition coefficient (Wildman–Crippen LogP) is 2.18. The van der Waals surface area contributed by atoms with Crippen LogP contribution in [0.2, 0.25) is 0 Å². The van der Waals surface area contributed by atoms with Gasteiger partial charge in [-0.05, 0) is 16.7 Å². The highest BCUT2D eigenvalue weighted by Crippen LogP contribution is 2.21. The van der Waals surface area contributed by atoms with Crippen LogP contribution in [-0.2, 0) is 15.9 Å². The Labute approximate surface area is 88.5 Å². The fraction of sp³-hybridized carbons (Fsp3) is 0.0909. The third-order valence-electron chi connectivity index (χ3n) is 2.19. The van der Waals surface area contributed by atoms with Crippen LogP contribution in [0.1, 0.15) is 5.56 Å². The van der Waals surface area contributed by atoms with Crippen LogP contribution in [0.5, 0.6) is 0 Å². The van der Waals surface area contributed by atoms with E-state index in [1.165, 1.54) is 0 Å². The number of hydrogen-bond donors (Lipinski definition) is 1. The van der Waals surface area contributed by atoms with Crippen LogP contribution in [0.15, 0.2) is 42.5 Å². The molecule has 2 aliphatic rings. The molecule has 15 heavy (non-hydrogen) atoms. The van der Waals surface area contributed by atoms with Crippen LogP contribution in [0.25, 0.3) is 11.1 Å². The van der Waals surface area contributed by atoms with Gasteiger partial charge in [0.25, 0.3) is 10.1 Å². The molecule has 2 rings (SSSR count). The quantitative estimate of drug-likeness (QED) is 0.792. The first-order valence-corrected chi connectivity index (χ1v) is 6.08. The summed E-state index contributed by atoms with van der Waals surface area (Å²) in [4.78, 5) is 0. The highest BCUT2D eigenvalue weighted by atomic mass is 32.2. The van der Waals surface area contributed by atoms with Crippen molar-refractivity contribution in [3.63, 3.8) is 0 Å². The van der Waals surface area contributed by atoms with Gasteiger partial charge in [0.1, 0.15) is 5.75 Å². The fourth-order valence-corrected chi connectivity index (χ4v) is 2.12. The van der Waals surface area contributed by atoms with E-state index in [-0.39, 0.29) is 5.75 Å². The van der Waals surface area contributed by atoms with Gasteiger partial charge in [-0.2, -0.15) is 8.42 Å². The first-order valence-electron chi connectivity index (χ1n) is 4.47. The van der Waals surface area contributed by atoms with Crippen molar-refractivity contribution in [2.45, 2.75) is 5.75 Å². The smallest absolute Gasteiger partial charge is 0.269 e. The van der Waals surface area contributed by atoms with Gasteiger partial charge in [0.2, 0.25) is 0 Å². The maximum absolute atomic E-state index is 10.7. The summed E-state index contributed by atoms with van der Waals surface area (Å²) in [5.74, 6) is -0.343. The second kappa shape index (κ2) is 3.64. The summed E-state index contributed by atoms with van der Waals surface area (Å²) < 4.78 is 30.1. The molecule has 2 aliphatic carbocycles. The summed E-state index contributed by atoms with van der Waals surface area (Å²) >= 11 is 0. The van der Waals surface area contributed by atoms with Crippen molar-refractivity contribution >= 4 is 10.1 Å². The molecule has 0 aromatic heterocycles. The van der Waals surface area contributed by atoms with Gasteiger partial charge in [-0.25, -0.2) is 0 Å². The topological polar surface area (TPSA) is 54.4 Å². The van der Waals surface area contributed by atoms with Crippen molar-refractivity contribution < 1.29 is 13.0 Å². The molecular formula is C11H10O3S.